The van der Waals surface area contributed by atoms with Crippen molar-refractivity contribution in [1.82, 2.24) is 4.90 Å². The minimum atomic E-state index is 0.175. The maximum absolute atomic E-state index is 5.23. The molecule has 0 saturated carbocycles. The fourth-order valence-corrected chi connectivity index (χ4v) is 1.20. The van der Waals surface area contributed by atoms with Crippen molar-refractivity contribution in [2.45, 2.75) is 26.8 Å². The molecule has 0 rings (SSSR count). The summed E-state index contributed by atoms with van der Waals surface area (Å²) in [5.41, 5.74) is 10.5. The lowest BCUT2D eigenvalue weighted by atomic mass is 10.3. The summed E-state index contributed by atoms with van der Waals surface area (Å²) < 4.78 is 0. The normalized spacial score (nSPS) is 13.0. The van der Waals surface area contributed by atoms with Crippen molar-refractivity contribution < 1.29 is 0 Å². The molecule has 0 bridgehead atoms. The molecular formula is C8H20N4. The Labute approximate surface area is 74.6 Å². The molecule has 0 aromatic carbocycles. The van der Waals surface area contributed by atoms with Crippen LogP contribution in [-0.2, 0) is 0 Å². The van der Waals surface area contributed by atoms with Gasteiger partial charge >= 0.3 is 0 Å². The van der Waals surface area contributed by atoms with Gasteiger partial charge in [-0.2, -0.15) is 0 Å². The van der Waals surface area contributed by atoms with Gasteiger partial charge in [-0.3, -0.25) is 9.89 Å². The lowest BCUT2D eigenvalue weighted by molar-refractivity contribution is 0.237. The molecule has 0 aliphatic heterocycles. The molecule has 0 amide bonds. The molecular weight excluding hydrogens is 152 g/mol. The Balaban J connectivity index is 3.84. The fourth-order valence-electron chi connectivity index (χ4n) is 1.20. The van der Waals surface area contributed by atoms with Crippen molar-refractivity contribution in [2.75, 3.05) is 19.6 Å². The summed E-state index contributed by atoms with van der Waals surface area (Å²) in [7, 11) is 0. The first-order chi connectivity index (χ1) is 5.61. The molecule has 1 unspecified atom stereocenters. The van der Waals surface area contributed by atoms with Crippen molar-refractivity contribution in [1.29, 1.82) is 0 Å². The fraction of sp³-hybridized carbons (Fsp3) is 0.875. The van der Waals surface area contributed by atoms with Crippen LogP contribution in [0.3, 0.4) is 0 Å². The number of likely N-dealkylation sites (N-methyl/N-ethyl adjacent to an activating group) is 1. The van der Waals surface area contributed by atoms with E-state index in [4.69, 9.17) is 11.5 Å². The Bertz CT molecular complexity index is 136. The number of rotatable bonds is 5. The molecule has 0 radical (unpaired) electrons. The first kappa shape index (κ1) is 11.2. The second kappa shape index (κ2) is 5.83. The van der Waals surface area contributed by atoms with Crippen LogP contribution in [0.4, 0.5) is 0 Å². The van der Waals surface area contributed by atoms with Gasteiger partial charge in [-0.05, 0) is 20.0 Å². The molecule has 1 atom stereocenters. The molecule has 4 heteroatoms. The highest BCUT2D eigenvalue weighted by Crippen LogP contribution is 1.97. The van der Waals surface area contributed by atoms with E-state index in [2.05, 4.69) is 30.7 Å². The summed E-state index contributed by atoms with van der Waals surface area (Å²) in [6.07, 6.45) is 0. The zero-order valence-corrected chi connectivity index (χ0v) is 8.25. The van der Waals surface area contributed by atoms with Gasteiger partial charge in [-0.25, -0.2) is 0 Å². The molecule has 0 aliphatic carbocycles. The van der Waals surface area contributed by atoms with Gasteiger partial charge in [0, 0.05) is 6.04 Å². The highest BCUT2D eigenvalue weighted by molar-refractivity contribution is 5.75. The Morgan fingerprint density at radius 3 is 2.17 bits per heavy atom. The third kappa shape index (κ3) is 4.18. The average molecular weight is 172 g/mol. The summed E-state index contributed by atoms with van der Waals surface area (Å²) in [5.74, 6) is 0.175. The van der Waals surface area contributed by atoms with E-state index in [-0.39, 0.29) is 5.96 Å². The first-order valence-electron chi connectivity index (χ1n) is 4.41. The molecule has 0 saturated heterocycles. The Hall–Kier alpha value is -0.770. The summed E-state index contributed by atoms with van der Waals surface area (Å²) in [4.78, 5) is 6.28. The zero-order chi connectivity index (χ0) is 9.56. The quantitative estimate of drug-likeness (QED) is 0.453. The van der Waals surface area contributed by atoms with E-state index in [1.54, 1.807) is 0 Å². The van der Waals surface area contributed by atoms with Crippen LogP contribution in [0.2, 0.25) is 0 Å². The molecule has 0 aromatic heterocycles. The van der Waals surface area contributed by atoms with E-state index in [1.165, 1.54) is 0 Å². The highest BCUT2D eigenvalue weighted by atomic mass is 15.2. The zero-order valence-electron chi connectivity index (χ0n) is 8.25. The van der Waals surface area contributed by atoms with E-state index in [1.807, 2.05) is 0 Å². The number of guanidine groups is 1. The maximum atomic E-state index is 5.23. The van der Waals surface area contributed by atoms with Gasteiger partial charge in [-0.1, -0.05) is 13.8 Å². The van der Waals surface area contributed by atoms with Crippen molar-refractivity contribution in [2.24, 2.45) is 16.5 Å². The topological polar surface area (TPSA) is 67.6 Å². The monoisotopic (exact) mass is 172 g/mol. The largest absolute Gasteiger partial charge is 0.370 e. The Morgan fingerprint density at radius 1 is 1.33 bits per heavy atom. The van der Waals surface area contributed by atoms with Gasteiger partial charge in [0.05, 0.1) is 6.54 Å². The summed E-state index contributed by atoms with van der Waals surface area (Å²) >= 11 is 0. The van der Waals surface area contributed by atoms with Crippen molar-refractivity contribution in [3.8, 4) is 0 Å². The Morgan fingerprint density at radius 2 is 1.83 bits per heavy atom. The summed E-state index contributed by atoms with van der Waals surface area (Å²) in [6, 6.07) is 0.419. The number of hydrogen-bond acceptors (Lipinski definition) is 2. The van der Waals surface area contributed by atoms with E-state index >= 15 is 0 Å². The van der Waals surface area contributed by atoms with Crippen LogP contribution in [0.15, 0.2) is 4.99 Å². The van der Waals surface area contributed by atoms with Crippen LogP contribution in [0.5, 0.6) is 0 Å². The van der Waals surface area contributed by atoms with Crippen LogP contribution >= 0.6 is 0 Å². The van der Waals surface area contributed by atoms with Crippen LogP contribution in [0.1, 0.15) is 20.8 Å². The van der Waals surface area contributed by atoms with Gasteiger partial charge in [0.25, 0.3) is 0 Å². The van der Waals surface area contributed by atoms with E-state index in [9.17, 15) is 0 Å². The Kier molecular flexibility index (Phi) is 5.45. The predicted molar refractivity (Wildman–Crippen MR) is 53.1 cm³/mol. The predicted octanol–water partition coefficient (Wildman–Crippen LogP) is -0.00990. The van der Waals surface area contributed by atoms with E-state index in [0.29, 0.717) is 12.6 Å². The van der Waals surface area contributed by atoms with E-state index < -0.39 is 0 Å². The minimum Gasteiger partial charge on any atom is -0.370 e. The SMILES string of the molecule is CCN(CC)C(C)CN=C(N)N. The molecule has 0 aromatic rings. The summed E-state index contributed by atoms with van der Waals surface area (Å²) in [6.45, 7) is 9.16. The number of nitrogens with zero attached hydrogens (tertiary/aromatic N) is 2. The lowest BCUT2D eigenvalue weighted by Gasteiger charge is -2.24. The molecule has 4 N–H and O–H groups in total. The molecule has 4 nitrogen and oxygen atoms in total. The standard InChI is InChI=1S/C8H20N4/c1-4-12(5-2)7(3)6-11-8(9)10/h7H,4-6H2,1-3H3,(H4,9,10,11). The van der Waals surface area contributed by atoms with Gasteiger partial charge in [0.2, 0.25) is 0 Å². The van der Waals surface area contributed by atoms with Crippen molar-refractivity contribution >= 4 is 5.96 Å². The summed E-state index contributed by atoms with van der Waals surface area (Å²) in [5, 5.41) is 0. The molecule has 12 heavy (non-hydrogen) atoms. The molecule has 0 aliphatic rings. The van der Waals surface area contributed by atoms with Gasteiger partial charge in [0.1, 0.15) is 0 Å². The molecule has 0 spiro atoms. The number of nitrogens with two attached hydrogens (primary N) is 2. The van der Waals surface area contributed by atoms with E-state index in [0.717, 1.165) is 13.1 Å². The number of aliphatic imine (C=N–C) groups is 1. The smallest absolute Gasteiger partial charge is 0.185 e. The van der Waals surface area contributed by atoms with Crippen LogP contribution in [0, 0.1) is 0 Å². The second-order valence-electron chi connectivity index (χ2n) is 2.84. The van der Waals surface area contributed by atoms with Crippen molar-refractivity contribution in [3.05, 3.63) is 0 Å². The van der Waals surface area contributed by atoms with Crippen LogP contribution in [-0.4, -0.2) is 36.5 Å². The first-order valence-corrected chi connectivity index (χ1v) is 4.41. The third-order valence-corrected chi connectivity index (χ3v) is 1.97. The van der Waals surface area contributed by atoms with Crippen molar-refractivity contribution in [3.63, 3.8) is 0 Å². The van der Waals surface area contributed by atoms with Crippen LogP contribution in [0.25, 0.3) is 0 Å². The molecule has 0 heterocycles. The van der Waals surface area contributed by atoms with Gasteiger partial charge in [0.15, 0.2) is 5.96 Å². The van der Waals surface area contributed by atoms with Gasteiger partial charge < -0.3 is 11.5 Å². The maximum Gasteiger partial charge on any atom is 0.185 e. The molecule has 72 valence electrons. The van der Waals surface area contributed by atoms with Crippen LogP contribution < -0.4 is 11.5 Å². The lowest BCUT2D eigenvalue weighted by Crippen LogP contribution is -2.36. The average Bonchev–Trinajstić information content (AvgIpc) is 2.03. The number of hydrogen-bond donors (Lipinski definition) is 2. The van der Waals surface area contributed by atoms with Gasteiger partial charge in [-0.15, -0.1) is 0 Å². The molecule has 0 fully saturated rings. The third-order valence-electron chi connectivity index (χ3n) is 1.97. The highest BCUT2D eigenvalue weighted by Gasteiger charge is 2.08. The minimum absolute atomic E-state index is 0.175. The second-order valence-corrected chi connectivity index (χ2v) is 2.84.